The lowest BCUT2D eigenvalue weighted by atomic mass is 10.3. The predicted octanol–water partition coefficient (Wildman–Crippen LogP) is -0.124. The molecule has 0 atom stereocenters. The zero-order valence-electron chi connectivity index (χ0n) is 8.51. The topological polar surface area (TPSA) is 113 Å². The first kappa shape index (κ1) is 14.1. The molecule has 0 unspecified atom stereocenters. The van der Waals surface area contributed by atoms with Crippen molar-refractivity contribution in [2.75, 3.05) is 12.0 Å². The Morgan fingerprint density at radius 3 is 2.25 bits per heavy atom. The minimum atomic E-state index is -0.968. The van der Waals surface area contributed by atoms with Gasteiger partial charge in [-0.25, -0.2) is 0 Å². The van der Waals surface area contributed by atoms with Gasteiger partial charge in [0.15, 0.2) is 5.11 Å². The third kappa shape index (κ3) is 8.73. The van der Waals surface area contributed by atoms with Crippen LogP contribution in [0.3, 0.4) is 0 Å². The minimum Gasteiger partial charge on any atom is -0.480 e. The number of nitrogens with one attached hydrogen (secondary N) is 2. The van der Waals surface area contributed by atoms with Crippen molar-refractivity contribution in [1.82, 2.24) is 5.43 Å². The number of carbonyl (C=O) groups is 1. The lowest BCUT2D eigenvalue weighted by molar-refractivity contribution is -0.135. The zero-order chi connectivity index (χ0) is 12.4. The van der Waals surface area contributed by atoms with Crippen LogP contribution in [-0.2, 0) is 4.79 Å². The molecule has 0 aliphatic rings. The van der Waals surface area contributed by atoms with E-state index in [1.54, 1.807) is 0 Å². The van der Waals surface area contributed by atoms with Gasteiger partial charge in [-0.3, -0.25) is 15.6 Å². The van der Waals surface area contributed by atoms with Gasteiger partial charge in [-0.05, 0) is 24.4 Å². The van der Waals surface area contributed by atoms with Crippen molar-refractivity contribution in [3.8, 4) is 0 Å². The number of aliphatic carboxylic acids is 1. The van der Waals surface area contributed by atoms with Gasteiger partial charge in [-0.2, -0.15) is 0 Å². The highest BCUT2D eigenvalue weighted by Crippen LogP contribution is 2.01. The van der Waals surface area contributed by atoms with Crippen molar-refractivity contribution in [2.45, 2.75) is 0 Å². The van der Waals surface area contributed by atoms with Gasteiger partial charge in [0.25, 0.3) is 0 Å². The van der Waals surface area contributed by atoms with Crippen molar-refractivity contribution in [1.29, 1.82) is 0 Å². The third-order valence-corrected chi connectivity index (χ3v) is 1.38. The van der Waals surface area contributed by atoms with Crippen molar-refractivity contribution >= 4 is 29.0 Å². The maximum atomic E-state index is 9.24. The molecule has 7 N–H and O–H groups in total. The number of para-hydroxylation sites is 1. The number of benzene rings is 1. The van der Waals surface area contributed by atoms with E-state index >= 15 is 0 Å². The molecule has 6 nitrogen and oxygen atoms in total. The van der Waals surface area contributed by atoms with Crippen LogP contribution in [-0.4, -0.2) is 22.7 Å². The third-order valence-electron chi connectivity index (χ3n) is 1.28. The SMILES string of the molecule is NC(=S)NNc1ccccc1.NCC(=O)O. The van der Waals surface area contributed by atoms with Gasteiger partial charge in [0.05, 0.1) is 12.2 Å². The number of nitrogens with two attached hydrogens (primary N) is 2. The number of anilines is 1. The highest BCUT2D eigenvalue weighted by atomic mass is 32.1. The Kier molecular flexibility index (Phi) is 7.47. The van der Waals surface area contributed by atoms with Gasteiger partial charge in [-0.1, -0.05) is 18.2 Å². The summed E-state index contributed by atoms with van der Waals surface area (Å²) in [6, 6.07) is 9.59. The Balaban J connectivity index is 0.000000385. The Bertz CT molecular complexity index is 332. The van der Waals surface area contributed by atoms with Gasteiger partial charge in [0.2, 0.25) is 0 Å². The van der Waals surface area contributed by atoms with Crippen LogP contribution in [0.5, 0.6) is 0 Å². The van der Waals surface area contributed by atoms with Crippen LogP contribution in [0.2, 0.25) is 0 Å². The number of hydrazine groups is 1. The van der Waals surface area contributed by atoms with Gasteiger partial charge in [0, 0.05) is 0 Å². The second-order valence-corrected chi connectivity index (χ2v) is 3.02. The van der Waals surface area contributed by atoms with E-state index in [-0.39, 0.29) is 11.7 Å². The Morgan fingerprint density at radius 1 is 1.38 bits per heavy atom. The second-order valence-electron chi connectivity index (χ2n) is 2.58. The Labute approximate surface area is 98.6 Å². The first-order valence-electron chi connectivity index (χ1n) is 4.34. The summed E-state index contributed by atoms with van der Waals surface area (Å²) < 4.78 is 0. The number of hydrogen-bond acceptors (Lipinski definition) is 4. The van der Waals surface area contributed by atoms with E-state index < -0.39 is 5.97 Å². The molecule has 0 saturated heterocycles. The number of rotatable bonds is 3. The molecular weight excluding hydrogens is 228 g/mol. The first-order chi connectivity index (χ1) is 7.56. The maximum absolute atomic E-state index is 9.24. The van der Waals surface area contributed by atoms with Gasteiger partial charge >= 0.3 is 5.97 Å². The molecule has 16 heavy (non-hydrogen) atoms. The van der Waals surface area contributed by atoms with Crippen LogP contribution >= 0.6 is 12.2 Å². The largest absolute Gasteiger partial charge is 0.480 e. The zero-order valence-corrected chi connectivity index (χ0v) is 9.33. The molecule has 0 fully saturated rings. The van der Waals surface area contributed by atoms with E-state index in [0.29, 0.717) is 0 Å². The monoisotopic (exact) mass is 242 g/mol. The second kappa shape index (κ2) is 8.45. The fourth-order valence-corrected chi connectivity index (χ4v) is 0.706. The molecule has 88 valence electrons. The molecule has 0 saturated carbocycles. The highest BCUT2D eigenvalue weighted by Gasteiger charge is 1.86. The van der Waals surface area contributed by atoms with Crippen LogP contribution in [0.25, 0.3) is 0 Å². The fraction of sp³-hybridized carbons (Fsp3) is 0.111. The molecule has 0 aromatic heterocycles. The number of carboxylic acid groups (broad SMARTS) is 1. The van der Waals surface area contributed by atoms with Crippen LogP contribution in [0.4, 0.5) is 5.69 Å². The highest BCUT2D eigenvalue weighted by molar-refractivity contribution is 7.80. The van der Waals surface area contributed by atoms with Gasteiger partial charge in [0.1, 0.15) is 0 Å². The molecule has 0 aliphatic heterocycles. The summed E-state index contributed by atoms with van der Waals surface area (Å²) >= 11 is 4.60. The Hall–Kier alpha value is -1.86. The van der Waals surface area contributed by atoms with Crippen molar-refractivity contribution in [2.24, 2.45) is 11.5 Å². The summed E-state index contributed by atoms with van der Waals surface area (Å²) in [5, 5.41) is 7.83. The van der Waals surface area contributed by atoms with Crippen molar-refractivity contribution in [3.63, 3.8) is 0 Å². The van der Waals surface area contributed by atoms with E-state index in [0.717, 1.165) is 5.69 Å². The molecule has 1 rings (SSSR count). The van der Waals surface area contributed by atoms with E-state index in [1.165, 1.54) is 0 Å². The fourth-order valence-electron chi connectivity index (χ4n) is 0.655. The summed E-state index contributed by atoms with van der Waals surface area (Å²) in [6.07, 6.45) is 0. The molecule has 0 heterocycles. The predicted molar refractivity (Wildman–Crippen MR) is 66.7 cm³/mol. The lowest BCUT2D eigenvalue weighted by Gasteiger charge is -2.05. The lowest BCUT2D eigenvalue weighted by Crippen LogP contribution is -2.33. The average Bonchev–Trinajstić information content (AvgIpc) is 2.28. The maximum Gasteiger partial charge on any atom is 0.317 e. The van der Waals surface area contributed by atoms with Gasteiger partial charge < -0.3 is 16.6 Å². The summed E-state index contributed by atoms with van der Waals surface area (Å²) in [7, 11) is 0. The first-order valence-corrected chi connectivity index (χ1v) is 4.75. The van der Waals surface area contributed by atoms with Crippen LogP contribution in [0.15, 0.2) is 30.3 Å². The molecular formula is C9H14N4O2S. The normalized spacial score (nSPS) is 8.31. The summed E-state index contributed by atoms with van der Waals surface area (Å²) in [5.74, 6) is -0.968. The minimum absolute atomic E-state index is 0.230. The van der Waals surface area contributed by atoms with Crippen molar-refractivity contribution in [3.05, 3.63) is 30.3 Å². The number of carboxylic acids is 1. The summed E-state index contributed by atoms with van der Waals surface area (Å²) in [6.45, 7) is -0.278. The molecule has 0 amide bonds. The summed E-state index contributed by atoms with van der Waals surface area (Å²) in [4.78, 5) is 9.24. The standard InChI is InChI=1S/C7H9N3S.C2H5NO2/c8-7(11)10-9-6-4-2-1-3-5-6;3-1-2(4)5/h1-5,9H,(H3,8,10,11);1,3H2,(H,4,5). The Morgan fingerprint density at radius 2 is 1.88 bits per heavy atom. The van der Waals surface area contributed by atoms with E-state index in [2.05, 4.69) is 28.8 Å². The molecule has 0 bridgehead atoms. The molecule has 0 spiro atoms. The molecule has 7 heteroatoms. The number of thiocarbonyl (C=S) groups is 1. The molecule has 0 radical (unpaired) electrons. The molecule has 1 aromatic rings. The molecule has 1 aromatic carbocycles. The van der Waals surface area contributed by atoms with Crippen LogP contribution < -0.4 is 22.3 Å². The smallest absolute Gasteiger partial charge is 0.317 e. The van der Waals surface area contributed by atoms with Crippen LogP contribution in [0, 0.1) is 0 Å². The number of hydrogen-bond donors (Lipinski definition) is 5. The average molecular weight is 242 g/mol. The summed E-state index contributed by atoms with van der Waals surface area (Å²) in [5.41, 5.74) is 16.1. The van der Waals surface area contributed by atoms with Crippen LogP contribution in [0.1, 0.15) is 0 Å². The van der Waals surface area contributed by atoms with E-state index in [9.17, 15) is 4.79 Å². The van der Waals surface area contributed by atoms with E-state index in [1.807, 2.05) is 30.3 Å². The van der Waals surface area contributed by atoms with Gasteiger partial charge in [-0.15, -0.1) is 0 Å². The molecule has 0 aliphatic carbocycles. The quantitative estimate of drug-likeness (QED) is 0.371. The van der Waals surface area contributed by atoms with Crippen molar-refractivity contribution < 1.29 is 9.90 Å². The van der Waals surface area contributed by atoms with E-state index in [4.69, 9.17) is 10.8 Å².